The molecule has 0 fully saturated rings. The summed E-state index contributed by atoms with van der Waals surface area (Å²) in [5.41, 5.74) is 4.09. The van der Waals surface area contributed by atoms with E-state index in [0.29, 0.717) is 39.7 Å². The molecule has 4 rings (SSSR count). The summed E-state index contributed by atoms with van der Waals surface area (Å²) in [7, 11) is 0. The number of aromatic nitrogens is 1. The zero-order valence-electron chi connectivity index (χ0n) is 18.5. The number of hydrogen-bond donors (Lipinski definition) is 3. The number of benzene rings is 3. The molecular weight excluding hydrogens is 536 g/mol. The van der Waals surface area contributed by atoms with Crippen LogP contribution in [0, 0.1) is 0 Å². The summed E-state index contributed by atoms with van der Waals surface area (Å²) >= 11 is 9.42. The van der Waals surface area contributed by atoms with Crippen LogP contribution in [0.5, 0.6) is 5.75 Å². The molecule has 0 radical (unpaired) electrons. The van der Waals surface area contributed by atoms with Crippen LogP contribution in [-0.2, 0) is 9.59 Å². The Morgan fingerprint density at radius 3 is 2.40 bits per heavy atom. The molecule has 1 aromatic heterocycles. The maximum Gasteiger partial charge on any atom is 0.328 e. The van der Waals surface area contributed by atoms with Gasteiger partial charge in [0.25, 0.3) is 5.91 Å². The molecule has 0 aliphatic heterocycles. The highest BCUT2D eigenvalue weighted by Gasteiger charge is 2.21. The molecular formula is C25H20BrClN4O4. The molecule has 178 valence electrons. The van der Waals surface area contributed by atoms with Gasteiger partial charge in [-0.15, -0.1) is 0 Å². The van der Waals surface area contributed by atoms with E-state index in [0.717, 1.165) is 4.47 Å². The summed E-state index contributed by atoms with van der Waals surface area (Å²) in [5, 5.41) is 6.43. The number of carbonyl (C=O) groups is 3. The van der Waals surface area contributed by atoms with Crippen molar-refractivity contribution in [2.75, 3.05) is 22.7 Å². The van der Waals surface area contributed by atoms with E-state index in [1.54, 1.807) is 72.8 Å². The van der Waals surface area contributed by atoms with Gasteiger partial charge in [-0.1, -0.05) is 33.6 Å². The summed E-state index contributed by atoms with van der Waals surface area (Å²) < 4.78 is 7.45. The standard InChI is InChI=1S/C25H20BrClN4O4/c1-2-35-20-9-7-18(8-10-20)28-24(33)25(34)30-31-21-11-6-16(26)12-15(21)13-22(31)23(32)29-19-5-3-4-17(27)14-19/h3-14H,2H2,1H3,(H,28,33)(H,29,32)(H,30,34). The fourth-order valence-corrected chi connectivity index (χ4v) is 3.95. The number of anilines is 2. The van der Waals surface area contributed by atoms with Gasteiger partial charge in [0, 0.05) is 26.3 Å². The highest BCUT2D eigenvalue weighted by Crippen LogP contribution is 2.24. The number of nitrogens with one attached hydrogen (secondary N) is 3. The first-order chi connectivity index (χ1) is 16.8. The largest absolute Gasteiger partial charge is 0.494 e. The number of halogens is 2. The highest BCUT2D eigenvalue weighted by atomic mass is 79.9. The minimum atomic E-state index is -0.948. The molecule has 4 aromatic rings. The van der Waals surface area contributed by atoms with Crippen molar-refractivity contribution in [1.82, 2.24) is 4.68 Å². The van der Waals surface area contributed by atoms with E-state index in [2.05, 4.69) is 32.0 Å². The van der Waals surface area contributed by atoms with Crippen LogP contribution in [0.3, 0.4) is 0 Å². The quantitative estimate of drug-likeness (QED) is 0.277. The lowest BCUT2D eigenvalue weighted by Crippen LogP contribution is -2.36. The maximum atomic E-state index is 13.1. The van der Waals surface area contributed by atoms with Gasteiger partial charge in [-0.05, 0) is 73.7 Å². The molecule has 3 amide bonds. The summed E-state index contributed by atoms with van der Waals surface area (Å²) in [6.07, 6.45) is 0. The number of carbonyl (C=O) groups excluding carboxylic acids is 3. The molecule has 0 atom stereocenters. The van der Waals surface area contributed by atoms with Gasteiger partial charge < -0.3 is 15.4 Å². The van der Waals surface area contributed by atoms with Gasteiger partial charge in [-0.3, -0.25) is 19.8 Å². The van der Waals surface area contributed by atoms with Gasteiger partial charge in [0.2, 0.25) is 0 Å². The predicted octanol–water partition coefficient (Wildman–Crippen LogP) is 5.42. The fraction of sp³-hybridized carbons (Fsp3) is 0.0800. The molecule has 8 nitrogen and oxygen atoms in total. The lowest BCUT2D eigenvalue weighted by Gasteiger charge is -2.13. The highest BCUT2D eigenvalue weighted by molar-refractivity contribution is 9.10. The van der Waals surface area contributed by atoms with Crippen LogP contribution in [0.2, 0.25) is 5.02 Å². The molecule has 35 heavy (non-hydrogen) atoms. The van der Waals surface area contributed by atoms with Gasteiger partial charge in [0.05, 0.1) is 12.1 Å². The summed E-state index contributed by atoms with van der Waals surface area (Å²) in [4.78, 5) is 38.4. The second-order valence-electron chi connectivity index (χ2n) is 7.39. The number of rotatable bonds is 6. The van der Waals surface area contributed by atoms with Crippen LogP contribution in [0.4, 0.5) is 11.4 Å². The van der Waals surface area contributed by atoms with Crippen molar-refractivity contribution >= 4 is 67.5 Å². The lowest BCUT2D eigenvalue weighted by molar-refractivity contribution is -0.133. The second-order valence-corrected chi connectivity index (χ2v) is 8.74. The third-order valence-corrected chi connectivity index (χ3v) is 5.65. The summed E-state index contributed by atoms with van der Waals surface area (Å²) in [6, 6.07) is 20.2. The van der Waals surface area contributed by atoms with E-state index >= 15 is 0 Å². The number of nitrogens with zero attached hydrogens (tertiary/aromatic N) is 1. The minimum absolute atomic E-state index is 0.125. The smallest absolute Gasteiger partial charge is 0.328 e. The molecule has 0 aliphatic rings. The Morgan fingerprint density at radius 2 is 1.69 bits per heavy atom. The van der Waals surface area contributed by atoms with Crippen molar-refractivity contribution in [2.24, 2.45) is 0 Å². The first kappa shape index (κ1) is 24.3. The third kappa shape index (κ3) is 5.82. The molecule has 10 heteroatoms. The minimum Gasteiger partial charge on any atom is -0.494 e. The average molecular weight is 556 g/mol. The zero-order valence-corrected chi connectivity index (χ0v) is 20.8. The van der Waals surface area contributed by atoms with Crippen molar-refractivity contribution in [3.05, 3.63) is 88.0 Å². The van der Waals surface area contributed by atoms with E-state index < -0.39 is 17.7 Å². The normalized spacial score (nSPS) is 10.6. The molecule has 0 unspecified atom stereocenters. The molecule has 0 aliphatic carbocycles. The summed E-state index contributed by atoms with van der Waals surface area (Å²) in [5.74, 6) is -1.69. The molecule has 0 spiro atoms. The van der Waals surface area contributed by atoms with Gasteiger partial charge in [-0.2, -0.15) is 0 Å². The van der Waals surface area contributed by atoms with Gasteiger partial charge in [0.1, 0.15) is 11.4 Å². The van der Waals surface area contributed by atoms with Crippen molar-refractivity contribution in [3.8, 4) is 5.75 Å². The van der Waals surface area contributed by atoms with E-state index in [9.17, 15) is 14.4 Å². The van der Waals surface area contributed by atoms with Crippen LogP contribution in [-0.4, -0.2) is 29.0 Å². The Morgan fingerprint density at radius 1 is 0.914 bits per heavy atom. The van der Waals surface area contributed by atoms with Crippen molar-refractivity contribution in [2.45, 2.75) is 6.92 Å². The number of hydrogen-bond acceptors (Lipinski definition) is 4. The van der Waals surface area contributed by atoms with Crippen molar-refractivity contribution in [3.63, 3.8) is 0 Å². The van der Waals surface area contributed by atoms with E-state index in [4.69, 9.17) is 16.3 Å². The Labute approximate surface area is 214 Å². The van der Waals surface area contributed by atoms with E-state index in [-0.39, 0.29) is 5.69 Å². The molecule has 3 N–H and O–H groups in total. The summed E-state index contributed by atoms with van der Waals surface area (Å²) in [6.45, 7) is 2.38. The van der Waals surface area contributed by atoms with Crippen LogP contribution >= 0.6 is 27.5 Å². The second kappa shape index (κ2) is 10.6. The van der Waals surface area contributed by atoms with Crippen molar-refractivity contribution in [1.29, 1.82) is 0 Å². The zero-order chi connectivity index (χ0) is 24.9. The Balaban J connectivity index is 1.57. The predicted molar refractivity (Wildman–Crippen MR) is 140 cm³/mol. The first-order valence-corrected chi connectivity index (χ1v) is 11.7. The molecule has 3 aromatic carbocycles. The Kier molecular flexibility index (Phi) is 7.38. The van der Waals surface area contributed by atoms with Gasteiger partial charge in [0.15, 0.2) is 0 Å². The first-order valence-electron chi connectivity index (χ1n) is 10.6. The molecule has 0 saturated heterocycles. The molecule has 1 heterocycles. The lowest BCUT2D eigenvalue weighted by atomic mass is 10.2. The van der Waals surface area contributed by atoms with Crippen LogP contribution in [0.25, 0.3) is 10.9 Å². The SMILES string of the molecule is CCOc1ccc(NC(=O)C(=O)Nn2c(C(=O)Nc3cccc(Cl)c3)cc3cc(Br)ccc32)cc1. The van der Waals surface area contributed by atoms with Crippen LogP contribution in [0.1, 0.15) is 17.4 Å². The van der Waals surface area contributed by atoms with Crippen LogP contribution in [0.15, 0.2) is 77.3 Å². The van der Waals surface area contributed by atoms with E-state index in [1.807, 2.05) is 6.92 Å². The van der Waals surface area contributed by atoms with E-state index in [1.165, 1.54) is 4.68 Å². The topological polar surface area (TPSA) is 101 Å². The monoisotopic (exact) mass is 554 g/mol. The average Bonchev–Trinajstić information content (AvgIpc) is 3.18. The van der Waals surface area contributed by atoms with Gasteiger partial charge in [-0.25, -0.2) is 4.68 Å². The third-order valence-electron chi connectivity index (χ3n) is 4.92. The van der Waals surface area contributed by atoms with Crippen molar-refractivity contribution < 1.29 is 19.1 Å². The fourth-order valence-electron chi connectivity index (χ4n) is 3.38. The maximum absolute atomic E-state index is 13.1. The van der Waals surface area contributed by atoms with Gasteiger partial charge >= 0.3 is 11.8 Å². The number of fused-ring (bicyclic) bond motifs is 1. The molecule has 0 bridgehead atoms. The number of ether oxygens (including phenoxy) is 1. The Bertz CT molecular complexity index is 1420. The number of amides is 3. The Hall–Kier alpha value is -3.82. The van der Waals surface area contributed by atoms with Crippen LogP contribution < -0.4 is 20.8 Å². The molecule has 0 saturated carbocycles.